The van der Waals surface area contributed by atoms with E-state index < -0.39 is 0 Å². The highest BCUT2D eigenvalue weighted by atomic mass is 19.1. The van der Waals surface area contributed by atoms with E-state index in [0.29, 0.717) is 0 Å². The van der Waals surface area contributed by atoms with Gasteiger partial charge in [0.25, 0.3) is 0 Å². The molecule has 0 bridgehead atoms. The predicted molar refractivity (Wildman–Crippen MR) is 112 cm³/mol. The number of hydrogen-bond acceptors (Lipinski definition) is 0. The molecule has 27 heavy (non-hydrogen) atoms. The minimum Gasteiger partial charge on any atom is -0.207 e. The molecule has 0 aromatic heterocycles. The number of fused-ring (bicyclic) bond motifs is 1. The molecule has 2 aliphatic carbocycles. The summed E-state index contributed by atoms with van der Waals surface area (Å²) in [7, 11) is 0. The Morgan fingerprint density at radius 1 is 0.778 bits per heavy atom. The summed E-state index contributed by atoms with van der Waals surface area (Å²) >= 11 is 0. The highest BCUT2D eigenvalue weighted by molar-refractivity contribution is 5.63. The second kappa shape index (κ2) is 8.59. The van der Waals surface area contributed by atoms with Crippen LogP contribution < -0.4 is 0 Å². The molecule has 2 aromatic carbocycles. The van der Waals surface area contributed by atoms with Gasteiger partial charge in [0.05, 0.1) is 0 Å². The van der Waals surface area contributed by atoms with E-state index in [1.807, 2.05) is 12.1 Å². The van der Waals surface area contributed by atoms with Crippen molar-refractivity contribution in [3.8, 4) is 11.1 Å². The summed E-state index contributed by atoms with van der Waals surface area (Å²) in [4.78, 5) is 0. The number of unbranched alkanes of at least 4 members (excludes halogenated alkanes) is 1. The summed E-state index contributed by atoms with van der Waals surface area (Å²) < 4.78 is 13.1. The molecular formula is C26H33F. The average Bonchev–Trinajstić information content (AvgIpc) is 2.72. The Morgan fingerprint density at radius 3 is 2.11 bits per heavy atom. The monoisotopic (exact) mass is 364 g/mol. The number of rotatable bonds is 5. The Morgan fingerprint density at radius 2 is 1.41 bits per heavy atom. The van der Waals surface area contributed by atoms with Crippen LogP contribution in [0.3, 0.4) is 0 Å². The molecule has 144 valence electrons. The number of benzene rings is 2. The molecule has 2 aromatic rings. The van der Waals surface area contributed by atoms with Gasteiger partial charge in [-0.05, 0) is 84.6 Å². The van der Waals surface area contributed by atoms with Crippen molar-refractivity contribution in [3.63, 3.8) is 0 Å². The topological polar surface area (TPSA) is 0 Å². The highest BCUT2D eigenvalue weighted by Crippen LogP contribution is 2.48. The first-order valence-electron chi connectivity index (χ1n) is 11.1. The molecule has 0 amide bonds. The summed E-state index contributed by atoms with van der Waals surface area (Å²) in [5.41, 5.74) is 3.79. The molecule has 0 aliphatic heterocycles. The van der Waals surface area contributed by atoms with Crippen LogP contribution in [-0.4, -0.2) is 0 Å². The third-order valence-corrected chi connectivity index (χ3v) is 7.25. The van der Waals surface area contributed by atoms with E-state index in [1.165, 1.54) is 68.9 Å². The molecule has 0 heterocycles. The van der Waals surface area contributed by atoms with Gasteiger partial charge >= 0.3 is 0 Å². The van der Waals surface area contributed by atoms with Crippen molar-refractivity contribution in [3.05, 3.63) is 59.9 Å². The fraction of sp³-hybridized carbons (Fsp3) is 0.538. The van der Waals surface area contributed by atoms with Gasteiger partial charge < -0.3 is 0 Å². The Balaban J connectivity index is 1.37. The first-order valence-corrected chi connectivity index (χ1v) is 11.1. The summed E-state index contributed by atoms with van der Waals surface area (Å²) in [6.07, 6.45) is 12.8. The molecule has 0 spiro atoms. The van der Waals surface area contributed by atoms with Crippen molar-refractivity contribution in [2.24, 2.45) is 17.8 Å². The van der Waals surface area contributed by atoms with Crippen LogP contribution in [0.4, 0.5) is 4.39 Å². The molecular weight excluding hydrogens is 331 g/mol. The Kier molecular flexibility index (Phi) is 5.95. The SMILES string of the molecule is CCCCC1CC[C@@H]2C[C@H](c3ccc(-c4ccc(F)cc4)cc3)CC[C@@H]2C1. The van der Waals surface area contributed by atoms with E-state index in [0.717, 1.165) is 29.2 Å². The average molecular weight is 365 g/mol. The molecule has 2 aliphatic rings. The van der Waals surface area contributed by atoms with E-state index in [4.69, 9.17) is 0 Å². The van der Waals surface area contributed by atoms with Crippen molar-refractivity contribution < 1.29 is 4.39 Å². The Bertz CT molecular complexity index is 715. The minimum atomic E-state index is -0.170. The van der Waals surface area contributed by atoms with Gasteiger partial charge in [-0.3, -0.25) is 0 Å². The molecule has 2 fully saturated rings. The van der Waals surface area contributed by atoms with Gasteiger partial charge in [-0.15, -0.1) is 0 Å². The van der Waals surface area contributed by atoms with Crippen LogP contribution in [0, 0.1) is 23.6 Å². The highest BCUT2D eigenvalue weighted by Gasteiger charge is 2.35. The van der Waals surface area contributed by atoms with Crippen molar-refractivity contribution in [2.45, 2.75) is 70.6 Å². The molecule has 0 saturated heterocycles. The van der Waals surface area contributed by atoms with Crippen molar-refractivity contribution in [1.29, 1.82) is 0 Å². The van der Waals surface area contributed by atoms with Crippen LogP contribution in [0.2, 0.25) is 0 Å². The van der Waals surface area contributed by atoms with E-state index in [2.05, 4.69) is 31.2 Å². The summed E-state index contributed by atoms with van der Waals surface area (Å²) in [5.74, 6) is 3.53. The molecule has 0 nitrogen and oxygen atoms in total. The van der Waals surface area contributed by atoms with Crippen LogP contribution >= 0.6 is 0 Å². The van der Waals surface area contributed by atoms with E-state index in [-0.39, 0.29) is 5.82 Å². The van der Waals surface area contributed by atoms with Crippen LogP contribution in [0.25, 0.3) is 11.1 Å². The lowest BCUT2D eigenvalue weighted by Gasteiger charge is -2.42. The fourth-order valence-corrected chi connectivity index (χ4v) is 5.63. The minimum absolute atomic E-state index is 0.170. The van der Waals surface area contributed by atoms with E-state index >= 15 is 0 Å². The molecule has 0 N–H and O–H groups in total. The number of halogens is 1. The van der Waals surface area contributed by atoms with E-state index in [1.54, 1.807) is 12.1 Å². The van der Waals surface area contributed by atoms with Crippen LogP contribution in [0.15, 0.2) is 48.5 Å². The molecule has 0 radical (unpaired) electrons. The van der Waals surface area contributed by atoms with E-state index in [9.17, 15) is 4.39 Å². The molecule has 2 saturated carbocycles. The van der Waals surface area contributed by atoms with Gasteiger partial charge in [0.2, 0.25) is 0 Å². The Labute approximate surface area is 164 Å². The maximum absolute atomic E-state index is 13.1. The maximum atomic E-state index is 13.1. The smallest absolute Gasteiger partial charge is 0.123 e. The largest absolute Gasteiger partial charge is 0.207 e. The lowest BCUT2D eigenvalue weighted by atomic mass is 9.63. The molecule has 1 heteroatoms. The van der Waals surface area contributed by atoms with Gasteiger partial charge in [0, 0.05) is 0 Å². The third kappa shape index (κ3) is 4.45. The lowest BCUT2D eigenvalue weighted by molar-refractivity contribution is 0.113. The van der Waals surface area contributed by atoms with Crippen LogP contribution in [0.5, 0.6) is 0 Å². The number of hydrogen-bond donors (Lipinski definition) is 0. The normalized spacial score (nSPS) is 27.9. The zero-order valence-electron chi connectivity index (χ0n) is 16.7. The van der Waals surface area contributed by atoms with Gasteiger partial charge in [-0.2, -0.15) is 0 Å². The van der Waals surface area contributed by atoms with Crippen molar-refractivity contribution in [1.82, 2.24) is 0 Å². The van der Waals surface area contributed by atoms with Crippen LogP contribution in [0.1, 0.15) is 76.2 Å². The standard InChI is InChI=1S/C26H33F/c1-2-3-4-19-5-6-25-18-24(12-11-23(25)17-19)22-9-7-20(8-10-22)21-13-15-26(27)16-14-21/h7-10,13-16,19,23-25H,2-6,11-12,17-18H2,1H3/t19?,23-,24-,25-/m1/s1. The zero-order chi connectivity index (χ0) is 18.6. The fourth-order valence-electron chi connectivity index (χ4n) is 5.63. The molecule has 1 unspecified atom stereocenters. The first-order chi connectivity index (χ1) is 13.2. The summed E-state index contributed by atoms with van der Waals surface area (Å²) in [5, 5.41) is 0. The summed E-state index contributed by atoms with van der Waals surface area (Å²) in [6.45, 7) is 2.32. The molecule has 4 atom stereocenters. The Hall–Kier alpha value is -1.63. The van der Waals surface area contributed by atoms with Gasteiger partial charge in [-0.1, -0.05) is 69.0 Å². The second-order valence-corrected chi connectivity index (χ2v) is 8.98. The summed E-state index contributed by atoms with van der Waals surface area (Å²) in [6, 6.07) is 15.9. The maximum Gasteiger partial charge on any atom is 0.123 e. The predicted octanol–water partition coefficient (Wildman–Crippen LogP) is 7.98. The van der Waals surface area contributed by atoms with Gasteiger partial charge in [-0.25, -0.2) is 4.39 Å². The first kappa shape index (κ1) is 18.7. The third-order valence-electron chi connectivity index (χ3n) is 7.25. The lowest BCUT2D eigenvalue weighted by Crippen LogP contribution is -2.30. The second-order valence-electron chi connectivity index (χ2n) is 8.98. The molecule has 4 rings (SSSR count). The van der Waals surface area contributed by atoms with Crippen molar-refractivity contribution >= 4 is 0 Å². The van der Waals surface area contributed by atoms with Crippen molar-refractivity contribution in [2.75, 3.05) is 0 Å². The van der Waals surface area contributed by atoms with Crippen LogP contribution in [-0.2, 0) is 0 Å². The van der Waals surface area contributed by atoms with Gasteiger partial charge in [0.15, 0.2) is 0 Å². The zero-order valence-corrected chi connectivity index (χ0v) is 16.7. The quantitative estimate of drug-likeness (QED) is 0.504. The van der Waals surface area contributed by atoms with Gasteiger partial charge in [0.1, 0.15) is 5.82 Å².